The summed E-state index contributed by atoms with van der Waals surface area (Å²) >= 11 is 5.89. The van der Waals surface area contributed by atoms with Gasteiger partial charge < -0.3 is 15.3 Å². The fourth-order valence-electron chi connectivity index (χ4n) is 1.62. The van der Waals surface area contributed by atoms with Crippen LogP contribution in [0.1, 0.15) is 26.3 Å². The Morgan fingerprint density at radius 2 is 2.05 bits per heavy atom. The van der Waals surface area contributed by atoms with E-state index in [2.05, 4.69) is 5.32 Å². The largest absolute Gasteiger partial charge is 0.480 e. The summed E-state index contributed by atoms with van der Waals surface area (Å²) in [5.41, 5.74) is 0.0373. The van der Waals surface area contributed by atoms with Gasteiger partial charge in [-0.25, -0.2) is 4.79 Å². The lowest BCUT2D eigenvalue weighted by atomic mass is 10.1. The molecule has 0 bridgehead atoms. The summed E-state index contributed by atoms with van der Waals surface area (Å²) in [5.74, 6) is -1.10. The van der Waals surface area contributed by atoms with Gasteiger partial charge in [-0.3, -0.25) is 4.79 Å². The molecule has 0 unspecified atom stereocenters. The van der Waals surface area contributed by atoms with Crippen LogP contribution in [-0.4, -0.2) is 34.1 Å². The van der Waals surface area contributed by atoms with Crippen LogP contribution < -0.4 is 5.32 Å². The molecule has 1 rings (SSSR count). The SMILES string of the molecule is CC(C)(C)N(CC(=O)O)C(=O)Nc1ccc(C#N)c(Cl)c1. The van der Waals surface area contributed by atoms with Crippen LogP contribution in [0, 0.1) is 11.3 Å². The summed E-state index contributed by atoms with van der Waals surface area (Å²) in [6.07, 6.45) is 0. The van der Waals surface area contributed by atoms with Crippen molar-refractivity contribution < 1.29 is 14.7 Å². The first-order chi connectivity index (χ1) is 9.65. The van der Waals surface area contributed by atoms with Gasteiger partial charge in [0.1, 0.15) is 12.6 Å². The predicted octanol–water partition coefficient (Wildman–Crippen LogP) is 2.93. The molecule has 0 aliphatic carbocycles. The van der Waals surface area contributed by atoms with Crippen molar-refractivity contribution in [2.75, 3.05) is 11.9 Å². The van der Waals surface area contributed by atoms with Gasteiger partial charge in [0, 0.05) is 11.2 Å². The van der Waals surface area contributed by atoms with Crippen LogP contribution >= 0.6 is 11.6 Å². The van der Waals surface area contributed by atoms with Crippen molar-refractivity contribution in [2.24, 2.45) is 0 Å². The third kappa shape index (κ3) is 4.65. The van der Waals surface area contributed by atoms with Crippen LogP contribution in [0.5, 0.6) is 0 Å². The highest BCUT2D eigenvalue weighted by molar-refractivity contribution is 6.32. The van der Waals surface area contributed by atoms with E-state index < -0.39 is 24.1 Å². The number of nitriles is 1. The number of amides is 2. The minimum Gasteiger partial charge on any atom is -0.480 e. The van der Waals surface area contributed by atoms with Crippen molar-refractivity contribution in [3.8, 4) is 6.07 Å². The van der Waals surface area contributed by atoms with Gasteiger partial charge in [-0.2, -0.15) is 5.26 Å². The lowest BCUT2D eigenvalue weighted by Gasteiger charge is -2.34. The van der Waals surface area contributed by atoms with E-state index in [9.17, 15) is 9.59 Å². The molecular formula is C14H16ClN3O3. The normalized spacial score (nSPS) is 10.6. The van der Waals surface area contributed by atoms with E-state index in [1.165, 1.54) is 23.1 Å². The van der Waals surface area contributed by atoms with E-state index in [-0.39, 0.29) is 5.02 Å². The number of hydrogen-bond donors (Lipinski definition) is 2. The molecule has 1 aromatic carbocycles. The summed E-state index contributed by atoms with van der Waals surface area (Å²) in [5, 5.41) is 20.5. The van der Waals surface area contributed by atoms with Gasteiger partial charge in [0.2, 0.25) is 0 Å². The number of halogens is 1. The average Bonchev–Trinajstić information content (AvgIpc) is 2.34. The minimum atomic E-state index is -1.10. The second-order valence-corrected chi connectivity index (χ2v) is 5.79. The zero-order valence-electron chi connectivity index (χ0n) is 12.0. The zero-order valence-corrected chi connectivity index (χ0v) is 12.7. The molecule has 0 spiro atoms. The van der Waals surface area contributed by atoms with Gasteiger partial charge in [0.25, 0.3) is 0 Å². The standard InChI is InChI=1S/C14H16ClN3O3/c1-14(2,3)18(8-12(19)20)13(21)17-10-5-4-9(7-16)11(15)6-10/h4-6H,8H2,1-3H3,(H,17,21)(H,19,20). The second kappa shape index (κ2) is 6.46. The first-order valence-electron chi connectivity index (χ1n) is 6.15. The first-order valence-corrected chi connectivity index (χ1v) is 6.53. The number of carbonyl (C=O) groups is 2. The second-order valence-electron chi connectivity index (χ2n) is 5.39. The molecule has 0 heterocycles. The average molecular weight is 310 g/mol. The highest BCUT2D eigenvalue weighted by Crippen LogP contribution is 2.21. The summed E-state index contributed by atoms with van der Waals surface area (Å²) < 4.78 is 0. The highest BCUT2D eigenvalue weighted by Gasteiger charge is 2.28. The molecule has 112 valence electrons. The Morgan fingerprint density at radius 1 is 1.43 bits per heavy atom. The summed E-state index contributed by atoms with van der Waals surface area (Å²) in [7, 11) is 0. The number of hydrogen-bond acceptors (Lipinski definition) is 3. The number of nitrogens with zero attached hydrogens (tertiary/aromatic N) is 2. The van der Waals surface area contributed by atoms with Crippen LogP contribution in [0.15, 0.2) is 18.2 Å². The maximum absolute atomic E-state index is 12.2. The molecule has 0 radical (unpaired) electrons. The molecule has 0 saturated carbocycles. The monoisotopic (exact) mass is 309 g/mol. The molecule has 0 fully saturated rings. The first kappa shape index (κ1) is 16.8. The maximum Gasteiger partial charge on any atom is 0.323 e. The summed E-state index contributed by atoms with van der Waals surface area (Å²) in [6.45, 7) is 4.79. The van der Waals surface area contributed by atoms with Gasteiger partial charge in [-0.05, 0) is 39.0 Å². The number of carboxylic acids is 1. The van der Waals surface area contributed by atoms with Gasteiger partial charge in [-0.1, -0.05) is 11.6 Å². The number of carbonyl (C=O) groups excluding carboxylic acids is 1. The van der Waals surface area contributed by atoms with E-state index in [1.807, 2.05) is 6.07 Å². The quantitative estimate of drug-likeness (QED) is 0.897. The predicted molar refractivity (Wildman–Crippen MR) is 79.3 cm³/mol. The lowest BCUT2D eigenvalue weighted by molar-refractivity contribution is -0.138. The topological polar surface area (TPSA) is 93.4 Å². The van der Waals surface area contributed by atoms with E-state index in [0.717, 1.165) is 0 Å². The Labute approximate surface area is 127 Å². The smallest absolute Gasteiger partial charge is 0.323 e. The van der Waals surface area contributed by atoms with Crippen LogP contribution in [0.25, 0.3) is 0 Å². The third-order valence-corrected chi connectivity index (χ3v) is 3.00. The van der Waals surface area contributed by atoms with Gasteiger partial charge in [0.15, 0.2) is 0 Å². The summed E-state index contributed by atoms with van der Waals surface area (Å²) in [6, 6.07) is 5.82. The number of urea groups is 1. The van der Waals surface area contributed by atoms with Crippen LogP contribution in [0.3, 0.4) is 0 Å². The Balaban J connectivity index is 2.94. The molecule has 2 amide bonds. The van der Waals surface area contributed by atoms with Crippen molar-refractivity contribution in [1.82, 2.24) is 4.90 Å². The number of anilines is 1. The number of nitrogens with one attached hydrogen (secondary N) is 1. The van der Waals surface area contributed by atoms with E-state index >= 15 is 0 Å². The van der Waals surface area contributed by atoms with Crippen molar-refractivity contribution in [3.05, 3.63) is 28.8 Å². The van der Waals surface area contributed by atoms with Gasteiger partial charge in [0.05, 0.1) is 10.6 Å². The molecular weight excluding hydrogens is 294 g/mol. The molecule has 21 heavy (non-hydrogen) atoms. The van der Waals surface area contributed by atoms with E-state index in [1.54, 1.807) is 20.8 Å². The Bertz CT molecular complexity index is 602. The highest BCUT2D eigenvalue weighted by atomic mass is 35.5. The van der Waals surface area contributed by atoms with E-state index in [4.69, 9.17) is 22.0 Å². The molecule has 0 saturated heterocycles. The number of rotatable bonds is 3. The fourth-order valence-corrected chi connectivity index (χ4v) is 1.85. The lowest BCUT2D eigenvalue weighted by Crippen LogP contribution is -2.50. The molecule has 0 aliphatic rings. The Morgan fingerprint density at radius 3 is 2.48 bits per heavy atom. The number of aliphatic carboxylic acids is 1. The maximum atomic E-state index is 12.2. The Hall–Kier alpha value is -2.26. The molecule has 0 aromatic heterocycles. The zero-order chi connectivity index (χ0) is 16.2. The van der Waals surface area contributed by atoms with Crippen molar-refractivity contribution in [2.45, 2.75) is 26.3 Å². The molecule has 2 N–H and O–H groups in total. The fraction of sp³-hybridized carbons (Fsp3) is 0.357. The molecule has 0 aliphatic heterocycles. The van der Waals surface area contributed by atoms with Crippen molar-refractivity contribution >= 4 is 29.3 Å². The van der Waals surface area contributed by atoms with Crippen LogP contribution in [0.4, 0.5) is 10.5 Å². The van der Waals surface area contributed by atoms with Crippen LogP contribution in [0.2, 0.25) is 5.02 Å². The van der Waals surface area contributed by atoms with Gasteiger partial charge >= 0.3 is 12.0 Å². The van der Waals surface area contributed by atoms with E-state index in [0.29, 0.717) is 11.3 Å². The third-order valence-electron chi connectivity index (χ3n) is 2.69. The van der Waals surface area contributed by atoms with Crippen LogP contribution in [-0.2, 0) is 4.79 Å². The molecule has 7 heteroatoms. The van der Waals surface area contributed by atoms with Gasteiger partial charge in [-0.15, -0.1) is 0 Å². The Kier molecular flexibility index (Phi) is 5.17. The summed E-state index contributed by atoms with van der Waals surface area (Å²) in [4.78, 5) is 24.3. The molecule has 6 nitrogen and oxygen atoms in total. The molecule has 0 atom stereocenters. The minimum absolute atomic E-state index is 0.218. The van der Waals surface area contributed by atoms with Crippen molar-refractivity contribution in [1.29, 1.82) is 5.26 Å². The van der Waals surface area contributed by atoms with Crippen molar-refractivity contribution in [3.63, 3.8) is 0 Å². The number of benzene rings is 1. The number of carboxylic acid groups (broad SMARTS) is 1. The molecule has 1 aromatic rings.